The van der Waals surface area contributed by atoms with Crippen molar-refractivity contribution in [3.63, 3.8) is 0 Å². The molecule has 7 aromatic rings. The number of benzene rings is 4. The van der Waals surface area contributed by atoms with Gasteiger partial charge in [-0.25, -0.2) is 9.67 Å². The number of rotatable bonds is 7. The summed E-state index contributed by atoms with van der Waals surface area (Å²) in [6.07, 6.45) is -0.110. The molecule has 7 rings (SSSR count). The molecule has 0 aliphatic heterocycles. The van der Waals surface area contributed by atoms with Gasteiger partial charge >= 0.3 is 27.2 Å². The van der Waals surface area contributed by atoms with E-state index >= 15 is 0 Å². The van der Waals surface area contributed by atoms with E-state index < -0.39 is 11.9 Å². The van der Waals surface area contributed by atoms with E-state index in [-0.39, 0.29) is 33.6 Å². The predicted molar refractivity (Wildman–Crippen MR) is 204 cm³/mol. The fourth-order valence-corrected chi connectivity index (χ4v) is 7.02. The van der Waals surface area contributed by atoms with E-state index in [4.69, 9.17) is 0 Å². The quantitative estimate of drug-likeness (QED) is 0.166. The van der Waals surface area contributed by atoms with Gasteiger partial charge in [-0.1, -0.05) is 140 Å². The van der Waals surface area contributed by atoms with Gasteiger partial charge in [0.1, 0.15) is 17.1 Å². The first-order chi connectivity index (χ1) is 24.9. The molecule has 0 bridgehead atoms. The van der Waals surface area contributed by atoms with Crippen LogP contribution in [0.4, 0.5) is 13.2 Å². The van der Waals surface area contributed by atoms with E-state index in [2.05, 4.69) is 140 Å². The zero-order chi connectivity index (χ0) is 37.0. The molecule has 0 unspecified atom stereocenters. The summed E-state index contributed by atoms with van der Waals surface area (Å²) in [4.78, 5) is 9.67. The van der Waals surface area contributed by atoms with E-state index in [1.807, 2.05) is 16.9 Å². The average Bonchev–Trinajstić information content (AvgIpc) is 3.79. The monoisotopic (exact) mass is 891 g/mol. The van der Waals surface area contributed by atoms with Crippen molar-refractivity contribution >= 4 is 23.1 Å². The molecule has 3 aromatic heterocycles. The van der Waals surface area contributed by atoms with Crippen molar-refractivity contribution in [2.75, 3.05) is 0 Å². The summed E-state index contributed by atoms with van der Waals surface area (Å²) in [5.41, 5.74) is 14.7. The molecule has 11 heteroatoms. The van der Waals surface area contributed by atoms with Crippen LogP contribution in [0.1, 0.15) is 44.6 Å². The van der Waals surface area contributed by atoms with Gasteiger partial charge in [0.05, 0.1) is 18.9 Å². The Morgan fingerprint density at radius 2 is 1.28 bits per heavy atom. The molecule has 0 radical (unpaired) electrons. The number of alkyl halides is 3. The summed E-state index contributed by atoms with van der Waals surface area (Å²) in [7, 11) is 0. The van der Waals surface area contributed by atoms with Gasteiger partial charge in [-0.05, 0) is 59.2 Å². The normalized spacial score (nSPS) is 11.0. The molecule has 6 nitrogen and oxygen atoms in total. The van der Waals surface area contributed by atoms with Gasteiger partial charge in [0.15, 0.2) is 5.82 Å². The van der Waals surface area contributed by atoms with Crippen molar-refractivity contribution in [1.82, 2.24) is 29.9 Å². The van der Waals surface area contributed by atoms with Gasteiger partial charge in [0, 0.05) is 11.8 Å². The average molecular weight is 892 g/mol. The standard InChI is InChI=1S/C33H34BN3.C9H6F3N3.Pt/c1-22-15-24(3)32(25(4)16-22)34(33-26(5)17-23(2)18-27(33)6)30-14-10-13-29(19-30)31-21-37(36-35-31)20-28-11-8-7-9-12-28;10-9(11,12)7-5-14-8(15-7)6-3-1-2-4-13-6;/h7-19,21H,20H2,1-6H3;1-5H,(H,14,15);/q;;+2. The number of imidazole rings is 1. The van der Waals surface area contributed by atoms with Gasteiger partial charge in [0.25, 0.3) is 0 Å². The third-order valence-corrected chi connectivity index (χ3v) is 9.08. The molecule has 0 saturated heterocycles. The van der Waals surface area contributed by atoms with Crippen LogP contribution in [0.15, 0.2) is 116 Å². The van der Waals surface area contributed by atoms with E-state index in [1.54, 1.807) is 18.2 Å². The van der Waals surface area contributed by atoms with E-state index in [9.17, 15) is 13.2 Å². The number of aryl methyl sites for hydroxylation is 6. The number of nitrogens with one attached hydrogen (secondary N) is 1. The van der Waals surface area contributed by atoms with Crippen LogP contribution in [0.25, 0.3) is 22.8 Å². The summed E-state index contributed by atoms with van der Waals surface area (Å²) in [6.45, 7) is 14.2. The molecular weight excluding hydrogens is 851 g/mol. The van der Waals surface area contributed by atoms with Crippen LogP contribution in [-0.2, 0) is 33.8 Å². The molecule has 0 aliphatic rings. The second-order valence-corrected chi connectivity index (χ2v) is 13.3. The molecule has 53 heavy (non-hydrogen) atoms. The second-order valence-electron chi connectivity index (χ2n) is 13.3. The minimum atomic E-state index is -4.40. The van der Waals surface area contributed by atoms with E-state index in [0.29, 0.717) is 12.2 Å². The third kappa shape index (κ3) is 9.30. The number of nitrogens with zero attached hydrogens (tertiary/aromatic N) is 5. The van der Waals surface area contributed by atoms with Gasteiger partial charge in [-0.15, -0.1) is 5.10 Å². The maximum Gasteiger partial charge on any atom is 2.00 e. The molecule has 270 valence electrons. The Kier molecular flexibility index (Phi) is 12.3. The largest absolute Gasteiger partial charge is 2.00 e. The summed E-state index contributed by atoms with van der Waals surface area (Å²) < 4.78 is 38.6. The van der Waals surface area contributed by atoms with E-state index in [1.165, 1.54) is 61.5 Å². The molecule has 0 aliphatic carbocycles. The van der Waals surface area contributed by atoms with Crippen LogP contribution in [0.5, 0.6) is 0 Å². The molecule has 1 N–H and O–H groups in total. The zero-order valence-electron chi connectivity index (χ0n) is 30.4. The number of pyridine rings is 1. The van der Waals surface area contributed by atoms with Crippen molar-refractivity contribution in [3.8, 4) is 22.8 Å². The van der Waals surface area contributed by atoms with Gasteiger partial charge in [-0.2, -0.15) is 13.2 Å². The first-order valence-electron chi connectivity index (χ1n) is 17.1. The van der Waals surface area contributed by atoms with Crippen molar-refractivity contribution in [3.05, 3.63) is 160 Å². The topological polar surface area (TPSA) is 72.3 Å². The number of aromatic nitrogens is 6. The summed E-state index contributed by atoms with van der Waals surface area (Å²) in [6, 6.07) is 33.4. The minimum absolute atomic E-state index is 0. The Morgan fingerprint density at radius 1 is 0.679 bits per heavy atom. The van der Waals surface area contributed by atoms with Crippen LogP contribution in [0, 0.1) is 41.5 Å². The van der Waals surface area contributed by atoms with Gasteiger partial charge in [-0.3, -0.25) is 4.98 Å². The summed E-state index contributed by atoms with van der Waals surface area (Å²) in [5, 5.41) is 8.96. The number of halogens is 3. The van der Waals surface area contributed by atoms with E-state index in [0.717, 1.165) is 17.5 Å². The molecular formula is C42H40BF3N6Pt+2. The number of hydrogen-bond donors (Lipinski definition) is 1. The van der Waals surface area contributed by atoms with Crippen LogP contribution in [0.2, 0.25) is 0 Å². The Labute approximate surface area is 323 Å². The Hall–Kier alpha value is -5.08. The maximum absolute atomic E-state index is 12.2. The van der Waals surface area contributed by atoms with Crippen LogP contribution >= 0.6 is 0 Å². The van der Waals surface area contributed by atoms with Crippen molar-refractivity contribution in [2.45, 2.75) is 54.3 Å². The Balaban J connectivity index is 0.000000283. The first kappa shape index (κ1) is 39.1. The molecule has 0 amide bonds. The SMILES string of the molecule is Cc1cc(C)c(B(c2cccc(-c3cn(Cc4ccccc4)nn3)c2)c2c(C)cc(C)cc2C)c(C)c1.FC(F)(F)c1cnc(-c2ccccn2)[nH]1.[Pt+2]. The number of aromatic amines is 1. The van der Waals surface area contributed by atoms with Crippen LogP contribution in [0.3, 0.4) is 0 Å². The third-order valence-electron chi connectivity index (χ3n) is 9.08. The van der Waals surface area contributed by atoms with Gasteiger partial charge in [0.2, 0.25) is 6.71 Å². The molecule has 4 aromatic carbocycles. The molecule has 0 spiro atoms. The zero-order valence-corrected chi connectivity index (χ0v) is 32.7. The second kappa shape index (κ2) is 16.7. The Bertz CT molecular complexity index is 2200. The van der Waals surface area contributed by atoms with Crippen molar-refractivity contribution in [1.29, 1.82) is 0 Å². The van der Waals surface area contributed by atoms with Crippen LogP contribution in [-0.4, -0.2) is 36.7 Å². The maximum atomic E-state index is 12.2. The van der Waals surface area contributed by atoms with Crippen molar-refractivity contribution < 1.29 is 34.2 Å². The molecule has 0 saturated carbocycles. The predicted octanol–water partition coefficient (Wildman–Crippen LogP) is 7.85. The minimum Gasteiger partial charge on any atom is -0.333 e. The van der Waals surface area contributed by atoms with Gasteiger partial charge < -0.3 is 4.98 Å². The number of hydrogen-bond acceptors (Lipinski definition) is 4. The summed E-state index contributed by atoms with van der Waals surface area (Å²) >= 11 is 0. The Morgan fingerprint density at radius 3 is 1.83 bits per heavy atom. The van der Waals surface area contributed by atoms with Crippen molar-refractivity contribution in [2.24, 2.45) is 0 Å². The smallest absolute Gasteiger partial charge is 0.333 e. The van der Waals surface area contributed by atoms with Crippen LogP contribution < -0.4 is 16.4 Å². The fourth-order valence-electron chi connectivity index (χ4n) is 7.02. The molecule has 3 heterocycles. The number of H-pyrrole nitrogens is 1. The first-order valence-corrected chi connectivity index (χ1v) is 17.1. The molecule has 0 atom stereocenters. The fraction of sp³-hybridized carbons (Fsp3) is 0.190. The molecule has 0 fully saturated rings. The summed E-state index contributed by atoms with van der Waals surface area (Å²) in [5.74, 6) is 0.114.